The van der Waals surface area contributed by atoms with Gasteiger partial charge in [-0.25, -0.2) is 4.39 Å². The summed E-state index contributed by atoms with van der Waals surface area (Å²) in [4.78, 5) is 0. The molecule has 0 aromatic heterocycles. The van der Waals surface area contributed by atoms with Crippen molar-refractivity contribution in [2.45, 2.75) is 32.4 Å². The Morgan fingerprint density at radius 2 is 2.06 bits per heavy atom. The van der Waals surface area contributed by atoms with Crippen LogP contribution in [0.15, 0.2) is 22.7 Å². The van der Waals surface area contributed by atoms with Gasteiger partial charge in [0, 0.05) is 16.6 Å². The predicted molar refractivity (Wildman–Crippen MR) is 66.9 cm³/mol. The number of hydrogen-bond donors (Lipinski definition) is 2. The molecular formula is C12H17BrFNO. The van der Waals surface area contributed by atoms with Crippen LogP contribution in [0.4, 0.5) is 4.39 Å². The standard InChI is InChI=1S/C12H17BrFNO/c1-8(15-9(2)7-16)5-10-3-4-11(13)6-12(10)14/h3-4,6,8-9,15-16H,5,7H2,1-2H3/t8?,9-/m1/s1. The lowest BCUT2D eigenvalue weighted by atomic mass is 10.1. The van der Waals surface area contributed by atoms with Gasteiger partial charge in [-0.05, 0) is 38.0 Å². The highest BCUT2D eigenvalue weighted by Gasteiger charge is 2.10. The topological polar surface area (TPSA) is 32.3 Å². The molecule has 2 atom stereocenters. The number of aliphatic hydroxyl groups is 1. The summed E-state index contributed by atoms with van der Waals surface area (Å²) in [5.41, 5.74) is 0.688. The molecule has 0 spiro atoms. The molecule has 0 aliphatic heterocycles. The maximum absolute atomic E-state index is 13.5. The van der Waals surface area contributed by atoms with E-state index in [4.69, 9.17) is 5.11 Å². The summed E-state index contributed by atoms with van der Waals surface area (Å²) in [5, 5.41) is 12.1. The van der Waals surface area contributed by atoms with Gasteiger partial charge in [0.25, 0.3) is 0 Å². The number of rotatable bonds is 5. The minimum absolute atomic E-state index is 0.0357. The summed E-state index contributed by atoms with van der Waals surface area (Å²) in [6.07, 6.45) is 0.615. The third-order valence-corrected chi connectivity index (χ3v) is 2.88. The Kier molecular flexibility index (Phi) is 5.38. The summed E-state index contributed by atoms with van der Waals surface area (Å²) in [6.45, 7) is 3.97. The molecule has 0 fully saturated rings. The lowest BCUT2D eigenvalue weighted by Crippen LogP contribution is -2.38. The van der Waals surface area contributed by atoms with Crippen LogP contribution in [0.3, 0.4) is 0 Å². The van der Waals surface area contributed by atoms with Crippen LogP contribution in [0.1, 0.15) is 19.4 Å². The average Bonchev–Trinajstić information content (AvgIpc) is 2.22. The monoisotopic (exact) mass is 289 g/mol. The first-order valence-electron chi connectivity index (χ1n) is 5.33. The van der Waals surface area contributed by atoms with Crippen LogP contribution in [0.25, 0.3) is 0 Å². The molecule has 0 saturated carbocycles. The third-order valence-electron chi connectivity index (χ3n) is 2.38. The van der Waals surface area contributed by atoms with Gasteiger partial charge >= 0.3 is 0 Å². The van der Waals surface area contributed by atoms with E-state index in [1.54, 1.807) is 6.07 Å². The van der Waals surface area contributed by atoms with E-state index in [1.807, 2.05) is 19.9 Å². The molecule has 1 aromatic rings. The fourth-order valence-corrected chi connectivity index (χ4v) is 1.95. The number of hydrogen-bond acceptors (Lipinski definition) is 2. The SMILES string of the molecule is CC(Cc1ccc(Br)cc1F)N[C@H](C)CO. The molecule has 0 aliphatic carbocycles. The van der Waals surface area contributed by atoms with Crippen LogP contribution in [-0.2, 0) is 6.42 Å². The smallest absolute Gasteiger partial charge is 0.127 e. The first kappa shape index (κ1) is 13.6. The van der Waals surface area contributed by atoms with Crippen molar-refractivity contribution in [1.29, 1.82) is 0 Å². The Morgan fingerprint density at radius 1 is 1.38 bits per heavy atom. The van der Waals surface area contributed by atoms with Gasteiger partial charge in [-0.1, -0.05) is 22.0 Å². The molecular weight excluding hydrogens is 273 g/mol. The maximum Gasteiger partial charge on any atom is 0.127 e. The normalized spacial score (nSPS) is 14.8. The van der Waals surface area contributed by atoms with Crippen LogP contribution in [0, 0.1) is 5.82 Å². The van der Waals surface area contributed by atoms with Gasteiger partial charge in [0.1, 0.15) is 5.82 Å². The van der Waals surface area contributed by atoms with Gasteiger partial charge in [0.15, 0.2) is 0 Å². The fraction of sp³-hybridized carbons (Fsp3) is 0.500. The molecule has 0 saturated heterocycles. The number of halogens is 2. The second-order valence-corrected chi connectivity index (χ2v) is 5.01. The highest BCUT2D eigenvalue weighted by atomic mass is 79.9. The predicted octanol–water partition coefficient (Wildman–Crippen LogP) is 2.49. The van der Waals surface area contributed by atoms with Crippen molar-refractivity contribution in [3.63, 3.8) is 0 Å². The van der Waals surface area contributed by atoms with Gasteiger partial charge in [-0.2, -0.15) is 0 Å². The van der Waals surface area contributed by atoms with Gasteiger partial charge < -0.3 is 10.4 Å². The molecule has 90 valence electrons. The molecule has 0 radical (unpaired) electrons. The number of nitrogens with one attached hydrogen (secondary N) is 1. The van der Waals surface area contributed by atoms with Gasteiger partial charge in [-0.3, -0.25) is 0 Å². The highest BCUT2D eigenvalue weighted by Crippen LogP contribution is 2.16. The molecule has 1 unspecified atom stereocenters. The van der Waals surface area contributed by atoms with Crippen molar-refractivity contribution in [1.82, 2.24) is 5.32 Å². The average molecular weight is 290 g/mol. The summed E-state index contributed by atoms with van der Waals surface area (Å²) >= 11 is 3.23. The molecule has 0 amide bonds. The Bertz CT molecular complexity index is 346. The summed E-state index contributed by atoms with van der Waals surface area (Å²) in [6, 6.07) is 5.26. The molecule has 4 heteroatoms. The number of aliphatic hydroxyl groups excluding tert-OH is 1. The molecule has 1 rings (SSSR count). The third kappa shape index (κ3) is 4.20. The Hall–Kier alpha value is -0.450. The zero-order chi connectivity index (χ0) is 12.1. The van der Waals surface area contributed by atoms with Gasteiger partial charge in [-0.15, -0.1) is 0 Å². The minimum Gasteiger partial charge on any atom is -0.395 e. The summed E-state index contributed by atoms with van der Waals surface area (Å²) in [5.74, 6) is -0.195. The molecule has 16 heavy (non-hydrogen) atoms. The van der Waals surface area contributed by atoms with Crippen molar-refractivity contribution in [2.24, 2.45) is 0 Å². The molecule has 0 aliphatic rings. The van der Waals surface area contributed by atoms with Crippen LogP contribution < -0.4 is 5.32 Å². The molecule has 0 bridgehead atoms. The van der Waals surface area contributed by atoms with Crippen LogP contribution in [0.2, 0.25) is 0 Å². The minimum atomic E-state index is -0.195. The van der Waals surface area contributed by atoms with Crippen LogP contribution in [-0.4, -0.2) is 23.8 Å². The van der Waals surface area contributed by atoms with E-state index in [9.17, 15) is 4.39 Å². The van der Waals surface area contributed by atoms with E-state index >= 15 is 0 Å². The second kappa shape index (κ2) is 6.33. The highest BCUT2D eigenvalue weighted by molar-refractivity contribution is 9.10. The lowest BCUT2D eigenvalue weighted by Gasteiger charge is -2.18. The van der Waals surface area contributed by atoms with E-state index in [2.05, 4.69) is 21.2 Å². The first-order valence-corrected chi connectivity index (χ1v) is 6.13. The zero-order valence-corrected chi connectivity index (χ0v) is 11.1. The van der Waals surface area contributed by atoms with Gasteiger partial charge in [0.2, 0.25) is 0 Å². The fourth-order valence-electron chi connectivity index (χ4n) is 1.61. The first-order chi connectivity index (χ1) is 7.52. The molecule has 2 N–H and O–H groups in total. The molecule has 1 aromatic carbocycles. The summed E-state index contributed by atoms with van der Waals surface area (Å²) < 4.78 is 14.3. The van der Waals surface area contributed by atoms with Crippen molar-refractivity contribution >= 4 is 15.9 Å². The molecule has 0 heterocycles. The number of benzene rings is 1. The molecule has 2 nitrogen and oxygen atoms in total. The maximum atomic E-state index is 13.5. The Balaban J connectivity index is 2.59. The van der Waals surface area contributed by atoms with Crippen molar-refractivity contribution in [2.75, 3.05) is 6.61 Å². The zero-order valence-electron chi connectivity index (χ0n) is 9.50. The van der Waals surface area contributed by atoms with Crippen molar-refractivity contribution in [3.05, 3.63) is 34.1 Å². The quantitative estimate of drug-likeness (QED) is 0.873. The largest absolute Gasteiger partial charge is 0.395 e. The van der Waals surface area contributed by atoms with E-state index < -0.39 is 0 Å². The lowest BCUT2D eigenvalue weighted by molar-refractivity contribution is 0.242. The van der Waals surface area contributed by atoms with Crippen molar-refractivity contribution in [3.8, 4) is 0 Å². The van der Waals surface area contributed by atoms with Gasteiger partial charge in [0.05, 0.1) is 6.61 Å². The van der Waals surface area contributed by atoms with E-state index in [-0.39, 0.29) is 24.5 Å². The van der Waals surface area contributed by atoms with E-state index in [0.717, 1.165) is 4.47 Å². The summed E-state index contributed by atoms with van der Waals surface area (Å²) in [7, 11) is 0. The van der Waals surface area contributed by atoms with E-state index in [1.165, 1.54) is 6.07 Å². The van der Waals surface area contributed by atoms with Crippen molar-refractivity contribution < 1.29 is 9.50 Å². The second-order valence-electron chi connectivity index (χ2n) is 4.09. The Morgan fingerprint density at radius 3 is 2.62 bits per heavy atom. The van der Waals surface area contributed by atoms with Crippen LogP contribution >= 0.6 is 15.9 Å². The Labute approximate surface area is 104 Å². The van der Waals surface area contributed by atoms with Crippen LogP contribution in [0.5, 0.6) is 0 Å². The van der Waals surface area contributed by atoms with E-state index in [0.29, 0.717) is 12.0 Å².